The lowest BCUT2D eigenvalue weighted by atomic mass is 9.37. The molecule has 3 aliphatic heterocycles. The number of hydrogen-bond acceptors (Lipinski definition) is 7. The number of anilines is 1. The van der Waals surface area contributed by atoms with Gasteiger partial charge in [0.1, 0.15) is 11.3 Å². The van der Waals surface area contributed by atoms with Crippen molar-refractivity contribution in [2.24, 2.45) is 5.41 Å². The minimum atomic E-state index is -1.85. The molecule has 6 aliphatic rings. The summed E-state index contributed by atoms with van der Waals surface area (Å²) in [4.78, 5) is 31.0. The molecule has 3 saturated carbocycles. The molecule has 2 bridgehead atoms. The standard InChI is InChI=1S/C24H30N2O6/c1-30-16-7-4-6-15-17(16)26(20(28)32-3)24-10-9-21(14-23(24,29)19(27)31-2)8-5-12-25-13-11-22(15,24)18(21)25/h4,6-7,18,29H,5,8-14H2,1-3H3/t18-,21+,22+,23+,24-/m0/s1. The number of para-hydroxylation sites is 1. The van der Waals surface area contributed by atoms with Gasteiger partial charge < -0.3 is 19.3 Å². The van der Waals surface area contributed by atoms with Crippen molar-refractivity contribution in [2.45, 2.75) is 61.1 Å². The number of amides is 1. The Morgan fingerprint density at radius 2 is 1.88 bits per heavy atom. The maximum absolute atomic E-state index is 13.5. The number of carbonyl (C=O) groups is 2. The molecular formula is C24H30N2O6. The van der Waals surface area contributed by atoms with Crippen LogP contribution in [-0.2, 0) is 19.7 Å². The highest BCUT2D eigenvalue weighted by atomic mass is 16.6. The number of fused-ring (bicyclic) bond motifs is 3. The number of esters is 1. The molecule has 1 aromatic rings. The van der Waals surface area contributed by atoms with Crippen LogP contribution in [0.15, 0.2) is 18.2 Å². The molecule has 3 spiro atoms. The van der Waals surface area contributed by atoms with Gasteiger partial charge in [0.05, 0.1) is 27.0 Å². The number of carbonyl (C=O) groups excluding carboxylic acids is 2. The fourth-order valence-corrected chi connectivity index (χ4v) is 8.89. The van der Waals surface area contributed by atoms with Gasteiger partial charge in [0.15, 0.2) is 5.60 Å². The third-order valence-electron chi connectivity index (χ3n) is 9.53. The first-order valence-corrected chi connectivity index (χ1v) is 11.5. The van der Waals surface area contributed by atoms with Gasteiger partial charge in [-0.3, -0.25) is 9.80 Å². The molecule has 8 nitrogen and oxygen atoms in total. The lowest BCUT2D eigenvalue weighted by Crippen LogP contribution is -2.86. The topological polar surface area (TPSA) is 88.5 Å². The summed E-state index contributed by atoms with van der Waals surface area (Å²) < 4.78 is 16.2. The minimum Gasteiger partial charge on any atom is -0.495 e. The van der Waals surface area contributed by atoms with Gasteiger partial charge in [-0.1, -0.05) is 12.1 Å². The van der Waals surface area contributed by atoms with Gasteiger partial charge in [-0.2, -0.15) is 0 Å². The Labute approximate surface area is 187 Å². The molecule has 1 N–H and O–H groups in total. The van der Waals surface area contributed by atoms with Crippen LogP contribution in [0.3, 0.4) is 0 Å². The number of benzene rings is 1. The molecule has 8 heteroatoms. The zero-order chi connectivity index (χ0) is 22.5. The van der Waals surface area contributed by atoms with E-state index in [0.717, 1.165) is 44.3 Å². The molecule has 32 heavy (non-hydrogen) atoms. The van der Waals surface area contributed by atoms with E-state index in [4.69, 9.17) is 14.2 Å². The Bertz CT molecular complexity index is 1030. The zero-order valence-corrected chi connectivity index (χ0v) is 18.8. The highest BCUT2D eigenvalue weighted by Crippen LogP contribution is 2.77. The molecule has 3 heterocycles. The van der Waals surface area contributed by atoms with E-state index in [1.807, 2.05) is 18.2 Å². The van der Waals surface area contributed by atoms with Gasteiger partial charge >= 0.3 is 12.1 Å². The van der Waals surface area contributed by atoms with Crippen molar-refractivity contribution in [1.82, 2.24) is 4.90 Å². The molecule has 3 aliphatic carbocycles. The molecule has 1 amide bonds. The third kappa shape index (κ3) is 1.83. The number of rotatable bonds is 2. The van der Waals surface area contributed by atoms with Gasteiger partial charge in [-0.25, -0.2) is 9.59 Å². The van der Waals surface area contributed by atoms with Crippen LogP contribution in [0.5, 0.6) is 5.75 Å². The van der Waals surface area contributed by atoms with Gasteiger partial charge in [-0.15, -0.1) is 0 Å². The van der Waals surface area contributed by atoms with Crippen molar-refractivity contribution in [3.63, 3.8) is 0 Å². The van der Waals surface area contributed by atoms with E-state index >= 15 is 0 Å². The zero-order valence-electron chi connectivity index (χ0n) is 18.8. The van der Waals surface area contributed by atoms with E-state index in [0.29, 0.717) is 24.3 Å². The molecule has 5 fully saturated rings. The maximum atomic E-state index is 13.5. The quantitative estimate of drug-likeness (QED) is 0.703. The number of ether oxygens (including phenoxy) is 3. The first-order chi connectivity index (χ1) is 15.4. The first-order valence-electron chi connectivity index (χ1n) is 11.5. The normalized spacial score (nSPS) is 41.0. The Kier molecular flexibility index (Phi) is 3.91. The van der Waals surface area contributed by atoms with E-state index in [1.54, 1.807) is 12.0 Å². The Morgan fingerprint density at radius 3 is 2.59 bits per heavy atom. The van der Waals surface area contributed by atoms with Crippen molar-refractivity contribution in [2.75, 3.05) is 39.3 Å². The highest BCUT2D eigenvalue weighted by molar-refractivity contribution is 6.00. The van der Waals surface area contributed by atoms with Crippen LogP contribution < -0.4 is 9.64 Å². The molecule has 1 aromatic carbocycles. The highest BCUT2D eigenvalue weighted by Gasteiger charge is 2.87. The monoisotopic (exact) mass is 442 g/mol. The van der Waals surface area contributed by atoms with Crippen LogP contribution in [0.25, 0.3) is 0 Å². The lowest BCUT2D eigenvalue weighted by molar-refractivity contribution is -0.227. The molecule has 5 atom stereocenters. The summed E-state index contributed by atoms with van der Waals surface area (Å²) in [5.74, 6) is -0.121. The van der Waals surface area contributed by atoms with E-state index in [2.05, 4.69) is 4.90 Å². The van der Waals surface area contributed by atoms with Crippen LogP contribution in [0.2, 0.25) is 0 Å². The average Bonchev–Trinajstić information content (AvgIpc) is 3.34. The van der Waals surface area contributed by atoms with Crippen LogP contribution in [0.4, 0.5) is 10.5 Å². The Morgan fingerprint density at radius 1 is 1.06 bits per heavy atom. The van der Waals surface area contributed by atoms with E-state index < -0.39 is 28.6 Å². The van der Waals surface area contributed by atoms with Crippen molar-refractivity contribution in [3.8, 4) is 5.75 Å². The van der Waals surface area contributed by atoms with Crippen LogP contribution in [0, 0.1) is 5.41 Å². The second-order valence-electron chi connectivity index (χ2n) is 10.2. The summed E-state index contributed by atoms with van der Waals surface area (Å²) in [5, 5.41) is 12.4. The van der Waals surface area contributed by atoms with Crippen LogP contribution in [-0.4, -0.2) is 73.7 Å². The molecule has 0 unspecified atom stereocenters. The van der Waals surface area contributed by atoms with E-state index in [-0.39, 0.29) is 11.5 Å². The van der Waals surface area contributed by atoms with Crippen LogP contribution >= 0.6 is 0 Å². The predicted molar refractivity (Wildman–Crippen MR) is 115 cm³/mol. The van der Waals surface area contributed by atoms with E-state index in [9.17, 15) is 14.7 Å². The lowest BCUT2D eigenvalue weighted by Gasteiger charge is -2.71. The molecule has 0 radical (unpaired) electrons. The molecular weight excluding hydrogens is 412 g/mol. The summed E-state index contributed by atoms with van der Waals surface area (Å²) in [6, 6.07) is 5.96. The number of methoxy groups -OCH3 is 3. The first kappa shape index (κ1) is 20.3. The average molecular weight is 443 g/mol. The summed E-state index contributed by atoms with van der Waals surface area (Å²) in [6.45, 7) is 1.87. The second kappa shape index (κ2) is 6.17. The van der Waals surface area contributed by atoms with Gasteiger partial charge in [-0.05, 0) is 68.7 Å². The summed E-state index contributed by atoms with van der Waals surface area (Å²) in [7, 11) is 4.23. The largest absolute Gasteiger partial charge is 0.495 e. The third-order valence-corrected chi connectivity index (χ3v) is 9.53. The van der Waals surface area contributed by atoms with Crippen molar-refractivity contribution < 1.29 is 28.9 Å². The summed E-state index contributed by atoms with van der Waals surface area (Å²) in [5.41, 5.74) is -2.26. The Hall–Kier alpha value is -2.32. The van der Waals surface area contributed by atoms with Crippen LogP contribution in [0.1, 0.15) is 44.1 Å². The van der Waals surface area contributed by atoms with Gasteiger partial charge in [0, 0.05) is 11.5 Å². The Balaban J connectivity index is 1.75. The number of hydrogen-bond donors (Lipinski definition) is 1. The number of piperidine rings is 1. The molecule has 7 rings (SSSR count). The number of nitrogens with zero attached hydrogens (tertiary/aromatic N) is 2. The maximum Gasteiger partial charge on any atom is 0.414 e. The molecule has 0 aromatic heterocycles. The van der Waals surface area contributed by atoms with Gasteiger partial charge in [0.2, 0.25) is 0 Å². The fraction of sp³-hybridized carbons (Fsp3) is 0.667. The molecule has 2 saturated heterocycles. The SMILES string of the molecule is COC(=O)N1c2c(OC)cccc2[C@@]23CCN4CCC[C@]5(CC[C@]12[C@](O)(C(=O)OC)C5)[C@H]43. The summed E-state index contributed by atoms with van der Waals surface area (Å²) in [6.07, 6.45) is 3.82. The summed E-state index contributed by atoms with van der Waals surface area (Å²) >= 11 is 0. The fourth-order valence-electron chi connectivity index (χ4n) is 8.89. The van der Waals surface area contributed by atoms with E-state index in [1.165, 1.54) is 14.2 Å². The smallest absolute Gasteiger partial charge is 0.414 e. The van der Waals surface area contributed by atoms with Crippen molar-refractivity contribution in [3.05, 3.63) is 23.8 Å². The second-order valence-corrected chi connectivity index (χ2v) is 10.2. The van der Waals surface area contributed by atoms with Gasteiger partial charge in [0.25, 0.3) is 0 Å². The number of aliphatic hydroxyl groups is 1. The van der Waals surface area contributed by atoms with Crippen molar-refractivity contribution in [1.29, 1.82) is 0 Å². The van der Waals surface area contributed by atoms with Crippen molar-refractivity contribution >= 4 is 17.7 Å². The minimum absolute atomic E-state index is 0.142. The molecule has 172 valence electrons. The predicted octanol–water partition coefficient (Wildman–Crippen LogP) is 2.21.